The van der Waals surface area contributed by atoms with E-state index in [9.17, 15) is 18.8 Å². The molecular formula is C19H21FN3O3+. The van der Waals surface area contributed by atoms with Gasteiger partial charge in [0, 0.05) is 17.8 Å². The number of piperazine rings is 1. The van der Waals surface area contributed by atoms with Crippen molar-refractivity contribution in [2.45, 2.75) is 6.04 Å². The molecule has 2 heterocycles. The fourth-order valence-corrected chi connectivity index (χ4v) is 3.06. The highest BCUT2D eigenvalue weighted by molar-refractivity contribution is 6.11. The molecule has 2 aromatic rings. The van der Waals surface area contributed by atoms with E-state index in [1.807, 2.05) is 7.05 Å². The number of likely N-dealkylation sites (N-methyl/N-ethyl adjacent to an activating group) is 1. The lowest BCUT2D eigenvalue weighted by Crippen LogP contribution is -3.12. The minimum Gasteiger partial charge on any atom is -0.334 e. The number of benzene rings is 1. The average molecular weight is 358 g/mol. The van der Waals surface area contributed by atoms with Crippen LogP contribution in [-0.2, 0) is 4.79 Å². The number of aromatic nitrogens is 1. The van der Waals surface area contributed by atoms with Crippen LogP contribution in [0.2, 0.25) is 0 Å². The summed E-state index contributed by atoms with van der Waals surface area (Å²) in [5.41, 5.74) is -0.235. The van der Waals surface area contributed by atoms with Gasteiger partial charge in [0.25, 0.3) is 11.5 Å². The quantitative estimate of drug-likeness (QED) is 0.607. The van der Waals surface area contributed by atoms with Gasteiger partial charge in [-0.1, -0.05) is 6.07 Å². The molecule has 1 fully saturated rings. The molecule has 0 spiro atoms. The van der Waals surface area contributed by atoms with Crippen LogP contribution in [0.3, 0.4) is 0 Å². The first kappa shape index (κ1) is 18.0. The number of hydrogen-bond donors (Lipinski definition) is 1. The summed E-state index contributed by atoms with van der Waals surface area (Å²) in [6.07, 6.45) is 1.44. The molecule has 0 bridgehead atoms. The number of nitrogens with one attached hydrogen (secondary N) is 1. The molecule has 1 aromatic heterocycles. The van der Waals surface area contributed by atoms with Crippen LogP contribution in [0.1, 0.15) is 16.4 Å². The predicted molar refractivity (Wildman–Crippen MR) is 93.7 cm³/mol. The maximum Gasteiger partial charge on any atom is 0.254 e. The van der Waals surface area contributed by atoms with Crippen LogP contribution in [0, 0.1) is 5.82 Å². The van der Waals surface area contributed by atoms with Gasteiger partial charge >= 0.3 is 0 Å². The van der Waals surface area contributed by atoms with Crippen molar-refractivity contribution < 1.29 is 18.9 Å². The molecule has 1 aliphatic rings. The van der Waals surface area contributed by atoms with Crippen molar-refractivity contribution in [1.29, 1.82) is 0 Å². The Morgan fingerprint density at radius 2 is 1.73 bits per heavy atom. The number of ketones is 1. The van der Waals surface area contributed by atoms with E-state index in [2.05, 4.69) is 0 Å². The Hall–Kier alpha value is -2.80. The number of pyridine rings is 1. The Balaban J connectivity index is 1.98. The van der Waals surface area contributed by atoms with E-state index in [-0.39, 0.29) is 5.56 Å². The van der Waals surface area contributed by atoms with Crippen LogP contribution in [-0.4, -0.2) is 54.4 Å². The van der Waals surface area contributed by atoms with Crippen LogP contribution in [0.5, 0.6) is 0 Å². The Labute approximate surface area is 150 Å². The molecule has 0 radical (unpaired) electrons. The first-order valence-corrected chi connectivity index (χ1v) is 8.54. The molecule has 3 rings (SSSR count). The SMILES string of the molecule is C[NH+]1CCN(C(=O)[C@@H](C(=O)c2ccc(F)cc2)n2ccccc2=O)CC1. The molecule has 0 unspecified atom stereocenters. The number of rotatable bonds is 4. The molecule has 1 aliphatic heterocycles. The van der Waals surface area contributed by atoms with Gasteiger partial charge in [0.15, 0.2) is 11.8 Å². The molecule has 0 saturated carbocycles. The third kappa shape index (κ3) is 3.72. The third-order valence-electron chi connectivity index (χ3n) is 4.67. The number of amides is 1. The second-order valence-corrected chi connectivity index (χ2v) is 6.50. The standard InChI is InChI=1S/C19H20FN3O3/c1-21-10-12-22(13-11-21)19(26)17(23-9-3-2-4-16(23)24)18(25)14-5-7-15(20)8-6-14/h2-9,17H,10-13H2,1H3/p+1/t17-/m1/s1. The van der Waals surface area contributed by atoms with E-state index in [4.69, 9.17) is 0 Å². The largest absolute Gasteiger partial charge is 0.334 e. The maximum atomic E-state index is 13.2. The zero-order valence-electron chi connectivity index (χ0n) is 14.5. The second-order valence-electron chi connectivity index (χ2n) is 6.50. The van der Waals surface area contributed by atoms with Crippen LogP contribution in [0.4, 0.5) is 4.39 Å². The van der Waals surface area contributed by atoms with E-state index in [0.717, 1.165) is 17.7 Å². The number of hydrogen-bond acceptors (Lipinski definition) is 3. The Bertz CT molecular complexity index is 855. The lowest BCUT2D eigenvalue weighted by atomic mass is 10.0. The minimum absolute atomic E-state index is 0.195. The highest BCUT2D eigenvalue weighted by atomic mass is 19.1. The Morgan fingerprint density at radius 3 is 2.35 bits per heavy atom. The first-order chi connectivity index (χ1) is 12.5. The highest BCUT2D eigenvalue weighted by Crippen LogP contribution is 2.17. The summed E-state index contributed by atoms with van der Waals surface area (Å²) in [7, 11) is 2.05. The predicted octanol–water partition coefficient (Wildman–Crippen LogP) is -0.232. The van der Waals surface area contributed by atoms with Crippen LogP contribution in [0.15, 0.2) is 53.5 Å². The third-order valence-corrected chi connectivity index (χ3v) is 4.67. The number of quaternary nitrogens is 1. The van der Waals surface area contributed by atoms with Crippen LogP contribution in [0.25, 0.3) is 0 Å². The molecule has 0 aliphatic carbocycles. The van der Waals surface area contributed by atoms with Crippen LogP contribution < -0.4 is 10.5 Å². The number of halogens is 1. The second kappa shape index (κ2) is 7.61. The average Bonchev–Trinajstić information content (AvgIpc) is 2.64. The summed E-state index contributed by atoms with van der Waals surface area (Å²) in [6, 6.07) is 8.19. The number of carbonyl (C=O) groups is 2. The molecule has 1 amide bonds. The zero-order chi connectivity index (χ0) is 18.7. The summed E-state index contributed by atoms with van der Waals surface area (Å²) in [5.74, 6) is -1.39. The smallest absolute Gasteiger partial charge is 0.254 e. The van der Waals surface area contributed by atoms with Gasteiger partial charge in [-0.05, 0) is 30.3 Å². The number of nitrogens with zero attached hydrogens (tertiary/aromatic N) is 2. The summed E-state index contributed by atoms with van der Waals surface area (Å²) in [5, 5.41) is 0. The van der Waals surface area contributed by atoms with E-state index >= 15 is 0 Å². The van der Waals surface area contributed by atoms with Gasteiger partial charge in [0.05, 0.1) is 33.2 Å². The van der Waals surface area contributed by atoms with Gasteiger partial charge < -0.3 is 9.80 Å². The van der Waals surface area contributed by atoms with Crippen molar-refractivity contribution in [3.05, 3.63) is 70.4 Å². The molecule has 1 saturated heterocycles. The summed E-state index contributed by atoms with van der Waals surface area (Å²) >= 11 is 0. The van der Waals surface area contributed by atoms with E-state index in [0.29, 0.717) is 13.1 Å². The van der Waals surface area contributed by atoms with Crippen LogP contribution >= 0.6 is 0 Å². The van der Waals surface area contributed by atoms with Crippen molar-refractivity contribution in [3.8, 4) is 0 Å². The van der Waals surface area contributed by atoms with Gasteiger partial charge in [0.2, 0.25) is 0 Å². The minimum atomic E-state index is -1.28. The normalized spacial score (nSPS) is 16.3. The maximum absolute atomic E-state index is 13.2. The zero-order valence-corrected chi connectivity index (χ0v) is 14.5. The number of carbonyl (C=O) groups excluding carboxylic acids is 2. The number of Topliss-reactive ketones (excluding diaryl/α,β-unsaturated/α-hetero) is 1. The van der Waals surface area contributed by atoms with E-state index < -0.39 is 29.1 Å². The van der Waals surface area contributed by atoms with Crippen molar-refractivity contribution >= 4 is 11.7 Å². The van der Waals surface area contributed by atoms with E-state index in [1.54, 1.807) is 17.0 Å². The van der Waals surface area contributed by atoms with Gasteiger partial charge in [0.1, 0.15) is 5.82 Å². The van der Waals surface area contributed by atoms with Crippen molar-refractivity contribution in [3.63, 3.8) is 0 Å². The molecular weight excluding hydrogens is 337 g/mol. The van der Waals surface area contributed by atoms with Crippen molar-refractivity contribution in [1.82, 2.24) is 9.47 Å². The van der Waals surface area contributed by atoms with Gasteiger partial charge in [-0.15, -0.1) is 0 Å². The highest BCUT2D eigenvalue weighted by Gasteiger charge is 2.35. The van der Waals surface area contributed by atoms with Crippen molar-refractivity contribution in [2.24, 2.45) is 0 Å². The Kier molecular flexibility index (Phi) is 5.27. The summed E-state index contributed by atoms with van der Waals surface area (Å²) in [4.78, 5) is 41.3. The lowest BCUT2D eigenvalue weighted by molar-refractivity contribution is -0.883. The molecule has 7 heteroatoms. The molecule has 6 nitrogen and oxygen atoms in total. The molecule has 1 N–H and O–H groups in total. The van der Waals surface area contributed by atoms with Crippen molar-refractivity contribution in [2.75, 3.05) is 33.2 Å². The summed E-state index contributed by atoms with van der Waals surface area (Å²) < 4.78 is 14.3. The Morgan fingerprint density at radius 1 is 1.08 bits per heavy atom. The summed E-state index contributed by atoms with van der Waals surface area (Å²) in [6.45, 7) is 2.62. The van der Waals surface area contributed by atoms with E-state index in [1.165, 1.54) is 41.4 Å². The molecule has 136 valence electrons. The molecule has 1 aromatic carbocycles. The molecule has 26 heavy (non-hydrogen) atoms. The lowest BCUT2D eigenvalue weighted by Gasteiger charge is -2.32. The fraction of sp³-hybridized carbons (Fsp3) is 0.316. The first-order valence-electron chi connectivity index (χ1n) is 8.54. The topological polar surface area (TPSA) is 63.8 Å². The van der Waals surface area contributed by atoms with Gasteiger partial charge in [-0.25, -0.2) is 4.39 Å². The van der Waals surface area contributed by atoms with Gasteiger partial charge in [-0.2, -0.15) is 0 Å². The monoisotopic (exact) mass is 358 g/mol. The fourth-order valence-electron chi connectivity index (χ4n) is 3.06. The molecule has 1 atom stereocenters. The van der Waals surface area contributed by atoms with Gasteiger partial charge in [-0.3, -0.25) is 19.0 Å².